The van der Waals surface area contributed by atoms with Crippen LogP contribution in [0.2, 0.25) is 0 Å². The Morgan fingerprint density at radius 1 is 1.33 bits per heavy atom. The molecule has 0 heterocycles. The highest BCUT2D eigenvalue weighted by atomic mass is 32.2. The van der Waals surface area contributed by atoms with E-state index >= 15 is 0 Å². The molecule has 0 amide bonds. The van der Waals surface area contributed by atoms with Crippen LogP contribution in [0.1, 0.15) is 20.8 Å². The number of nitrogen functional groups attached to an aromatic ring is 1. The van der Waals surface area contributed by atoms with Gasteiger partial charge in [-0.2, -0.15) is 0 Å². The first-order valence-corrected chi connectivity index (χ1v) is 5.90. The van der Waals surface area contributed by atoms with Crippen LogP contribution in [0.25, 0.3) is 0 Å². The van der Waals surface area contributed by atoms with Gasteiger partial charge in [-0.3, -0.25) is 4.79 Å². The second-order valence-corrected chi connectivity index (χ2v) is 5.52. The van der Waals surface area contributed by atoms with Gasteiger partial charge in [0.05, 0.1) is 5.75 Å². The number of hydrogen-bond acceptors (Lipinski definition) is 3. The third-order valence-electron chi connectivity index (χ3n) is 2.11. The van der Waals surface area contributed by atoms with Crippen LogP contribution in [-0.2, 0) is 4.79 Å². The number of carbonyl (C=O) groups excluding carboxylic acids is 1. The van der Waals surface area contributed by atoms with Crippen molar-refractivity contribution in [3.05, 3.63) is 24.3 Å². The number of ketones is 1. The summed E-state index contributed by atoms with van der Waals surface area (Å²) in [5.41, 5.74) is 6.26. The summed E-state index contributed by atoms with van der Waals surface area (Å²) in [6, 6.07) is 7.62. The first-order chi connectivity index (χ1) is 6.91. The van der Waals surface area contributed by atoms with Gasteiger partial charge in [0.15, 0.2) is 0 Å². The second kappa shape index (κ2) is 4.71. The fourth-order valence-corrected chi connectivity index (χ4v) is 2.10. The number of thioether (sulfide) groups is 1. The van der Waals surface area contributed by atoms with Gasteiger partial charge in [-0.05, 0) is 12.1 Å². The summed E-state index contributed by atoms with van der Waals surface area (Å²) in [6.07, 6.45) is 0. The van der Waals surface area contributed by atoms with Crippen LogP contribution in [0, 0.1) is 5.41 Å². The molecule has 1 aromatic carbocycles. The van der Waals surface area contributed by atoms with E-state index in [1.54, 1.807) is 0 Å². The zero-order chi connectivity index (χ0) is 11.5. The van der Waals surface area contributed by atoms with Crippen LogP contribution in [0.15, 0.2) is 29.2 Å². The molecule has 0 spiro atoms. The molecule has 0 aromatic heterocycles. The minimum Gasteiger partial charge on any atom is -0.398 e. The summed E-state index contributed by atoms with van der Waals surface area (Å²) in [5.74, 6) is 0.730. The van der Waals surface area contributed by atoms with E-state index in [-0.39, 0.29) is 11.2 Å². The van der Waals surface area contributed by atoms with E-state index in [1.807, 2.05) is 45.0 Å². The molecule has 2 N–H and O–H groups in total. The summed E-state index contributed by atoms with van der Waals surface area (Å²) < 4.78 is 0. The van der Waals surface area contributed by atoms with Crippen molar-refractivity contribution in [2.24, 2.45) is 5.41 Å². The van der Waals surface area contributed by atoms with Crippen molar-refractivity contribution in [1.82, 2.24) is 0 Å². The third kappa shape index (κ3) is 3.59. The van der Waals surface area contributed by atoms with E-state index in [1.165, 1.54) is 11.8 Å². The van der Waals surface area contributed by atoms with Gasteiger partial charge in [0.1, 0.15) is 5.78 Å². The highest BCUT2D eigenvalue weighted by Gasteiger charge is 2.20. The van der Waals surface area contributed by atoms with E-state index < -0.39 is 0 Å². The van der Waals surface area contributed by atoms with Crippen molar-refractivity contribution in [1.29, 1.82) is 0 Å². The van der Waals surface area contributed by atoms with Crippen molar-refractivity contribution in [2.45, 2.75) is 25.7 Å². The van der Waals surface area contributed by atoms with Gasteiger partial charge in [-0.15, -0.1) is 11.8 Å². The molecule has 0 aliphatic heterocycles. The van der Waals surface area contributed by atoms with Gasteiger partial charge in [-0.1, -0.05) is 32.9 Å². The van der Waals surface area contributed by atoms with Crippen molar-refractivity contribution in [3.8, 4) is 0 Å². The van der Waals surface area contributed by atoms with Crippen LogP contribution in [0.4, 0.5) is 5.69 Å². The Morgan fingerprint density at radius 2 is 1.93 bits per heavy atom. The molecule has 0 saturated heterocycles. The van der Waals surface area contributed by atoms with Crippen molar-refractivity contribution < 1.29 is 4.79 Å². The summed E-state index contributed by atoms with van der Waals surface area (Å²) in [6.45, 7) is 5.80. The minimum atomic E-state index is -0.267. The predicted molar refractivity (Wildman–Crippen MR) is 66.0 cm³/mol. The smallest absolute Gasteiger partial charge is 0.148 e. The lowest BCUT2D eigenvalue weighted by molar-refractivity contribution is -0.123. The van der Waals surface area contributed by atoms with Crippen LogP contribution in [-0.4, -0.2) is 11.5 Å². The molecule has 0 saturated carbocycles. The van der Waals surface area contributed by atoms with Gasteiger partial charge in [0.2, 0.25) is 0 Å². The van der Waals surface area contributed by atoms with Crippen LogP contribution >= 0.6 is 11.8 Å². The predicted octanol–water partition coefficient (Wildman–Crippen LogP) is 2.98. The summed E-state index contributed by atoms with van der Waals surface area (Å²) in [4.78, 5) is 12.7. The van der Waals surface area contributed by atoms with E-state index in [0.29, 0.717) is 5.75 Å². The average Bonchev–Trinajstić information content (AvgIpc) is 2.14. The Balaban J connectivity index is 2.59. The lowest BCUT2D eigenvalue weighted by atomic mass is 9.92. The Labute approximate surface area is 95.2 Å². The summed E-state index contributed by atoms with van der Waals surface area (Å²) in [7, 11) is 0. The molecule has 15 heavy (non-hydrogen) atoms. The van der Waals surface area contributed by atoms with Gasteiger partial charge in [0.25, 0.3) is 0 Å². The molecule has 0 atom stereocenters. The monoisotopic (exact) mass is 223 g/mol. The van der Waals surface area contributed by atoms with Crippen LogP contribution < -0.4 is 5.73 Å². The number of nitrogens with two attached hydrogens (primary N) is 1. The number of anilines is 1. The number of carbonyl (C=O) groups is 1. The van der Waals surface area contributed by atoms with Gasteiger partial charge in [-0.25, -0.2) is 0 Å². The second-order valence-electron chi connectivity index (χ2n) is 4.50. The standard InChI is InChI=1S/C12H17NOS/c1-12(2,3)11(14)8-15-10-7-5-4-6-9(10)13/h4-7H,8,13H2,1-3H3. The molecule has 82 valence electrons. The normalized spacial score (nSPS) is 11.4. The van der Waals surface area contributed by atoms with E-state index in [0.717, 1.165) is 10.6 Å². The molecular formula is C12H17NOS. The maximum absolute atomic E-state index is 11.7. The highest BCUT2D eigenvalue weighted by Crippen LogP contribution is 2.27. The van der Waals surface area contributed by atoms with Crippen molar-refractivity contribution in [3.63, 3.8) is 0 Å². The van der Waals surface area contributed by atoms with Gasteiger partial charge >= 0.3 is 0 Å². The number of para-hydroxylation sites is 1. The lowest BCUT2D eigenvalue weighted by Crippen LogP contribution is -2.22. The molecule has 0 aliphatic rings. The summed E-state index contributed by atoms with van der Waals surface area (Å²) >= 11 is 1.51. The molecule has 3 heteroatoms. The van der Waals surface area contributed by atoms with Crippen molar-refractivity contribution >= 4 is 23.2 Å². The summed E-state index contributed by atoms with van der Waals surface area (Å²) in [5, 5.41) is 0. The average molecular weight is 223 g/mol. The van der Waals surface area contributed by atoms with E-state index in [2.05, 4.69) is 0 Å². The zero-order valence-electron chi connectivity index (χ0n) is 9.41. The third-order valence-corrected chi connectivity index (χ3v) is 3.20. The molecular weight excluding hydrogens is 206 g/mol. The molecule has 0 aliphatic carbocycles. The van der Waals surface area contributed by atoms with Crippen LogP contribution in [0.3, 0.4) is 0 Å². The number of rotatable bonds is 3. The first kappa shape index (κ1) is 12.1. The van der Waals surface area contributed by atoms with Gasteiger partial charge in [0, 0.05) is 16.0 Å². The number of Topliss-reactive ketones (excluding diaryl/α,β-unsaturated/α-hetero) is 1. The Bertz CT molecular complexity index is 355. The fraction of sp³-hybridized carbons (Fsp3) is 0.417. The molecule has 0 bridgehead atoms. The van der Waals surface area contributed by atoms with Crippen molar-refractivity contribution in [2.75, 3.05) is 11.5 Å². The number of benzene rings is 1. The van der Waals surface area contributed by atoms with E-state index in [9.17, 15) is 4.79 Å². The maximum Gasteiger partial charge on any atom is 0.148 e. The largest absolute Gasteiger partial charge is 0.398 e. The highest BCUT2D eigenvalue weighted by molar-refractivity contribution is 8.00. The SMILES string of the molecule is CC(C)(C)C(=O)CSc1ccccc1N. The lowest BCUT2D eigenvalue weighted by Gasteiger charge is -2.16. The Hall–Kier alpha value is -0.960. The van der Waals surface area contributed by atoms with Gasteiger partial charge < -0.3 is 5.73 Å². The Kier molecular flexibility index (Phi) is 3.80. The molecule has 0 fully saturated rings. The Morgan fingerprint density at radius 3 is 2.47 bits per heavy atom. The van der Waals surface area contributed by atoms with E-state index in [4.69, 9.17) is 5.73 Å². The molecule has 1 rings (SSSR count). The number of hydrogen-bond donors (Lipinski definition) is 1. The van der Waals surface area contributed by atoms with Crippen LogP contribution in [0.5, 0.6) is 0 Å². The quantitative estimate of drug-likeness (QED) is 0.633. The topological polar surface area (TPSA) is 43.1 Å². The molecule has 0 radical (unpaired) electrons. The first-order valence-electron chi connectivity index (χ1n) is 4.92. The molecule has 2 nitrogen and oxygen atoms in total. The molecule has 0 unspecified atom stereocenters. The molecule has 1 aromatic rings. The maximum atomic E-state index is 11.7. The zero-order valence-corrected chi connectivity index (χ0v) is 10.2. The minimum absolute atomic E-state index is 0.246. The fourth-order valence-electron chi connectivity index (χ4n) is 0.972.